The maximum absolute atomic E-state index is 12.1. The molecule has 0 fully saturated rings. The first-order valence-electron chi connectivity index (χ1n) is 6.57. The third-order valence-corrected chi connectivity index (χ3v) is 3.31. The van der Waals surface area contributed by atoms with Crippen LogP contribution in [0.4, 0.5) is 0 Å². The number of para-hydroxylation sites is 1. The van der Waals surface area contributed by atoms with Gasteiger partial charge in [0.25, 0.3) is 11.7 Å². The summed E-state index contributed by atoms with van der Waals surface area (Å²) in [4.78, 5) is 25.4. The predicted octanol–water partition coefficient (Wildman–Crippen LogP) is 0.894. The molecule has 0 radical (unpaired) electrons. The van der Waals surface area contributed by atoms with E-state index in [1.807, 2.05) is 30.3 Å². The number of ketones is 1. The molecule has 0 aliphatic carbocycles. The van der Waals surface area contributed by atoms with Crippen molar-refractivity contribution >= 4 is 11.7 Å². The normalized spacial score (nSPS) is 12.0. The fourth-order valence-electron chi connectivity index (χ4n) is 1.77. The van der Waals surface area contributed by atoms with Crippen molar-refractivity contribution in [3.63, 3.8) is 0 Å². The molecule has 1 heterocycles. The molecule has 21 heavy (non-hydrogen) atoms. The largest absolute Gasteiger partial charge is 0.394 e. The summed E-state index contributed by atoms with van der Waals surface area (Å²) in [6.45, 7) is 1.47. The molecule has 6 heteroatoms. The van der Waals surface area contributed by atoms with Crippen molar-refractivity contribution in [2.45, 2.75) is 13.0 Å². The second-order valence-electron chi connectivity index (χ2n) is 4.79. The lowest BCUT2D eigenvalue weighted by Crippen LogP contribution is -2.41. The van der Waals surface area contributed by atoms with Gasteiger partial charge >= 0.3 is 0 Å². The minimum Gasteiger partial charge on any atom is -0.394 e. The maximum atomic E-state index is 12.1. The second kappa shape index (κ2) is 6.32. The third-order valence-electron chi connectivity index (χ3n) is 3.31. The zero-order valence-corrected chi connectivity index (χ0v) is 11.9. The number of aromatic nitrogens is 2. The van der Waals surface area contributed by atoms with Crippen LogP contribution in [-0.2, 0) is 4.79 Å². The molecule has 1 aromatic carbocycles. The van der Waals surface area contributed by atoms with Gasteiger partial charge in [0.05, 0.1) is 30.1 Å². The first kappa shape index (κ1) is 14.9. The number of carbonyl (C=O) groups is 2. The van der Waals surface area contributed by atoms with Gasteiger partial charge in [0, 0.05) is 13.2 Å². The summed E-state index contributed by atoms with van der Waals surface area (Å²) < 4.78 is 1.54. The lowest BCUT2D eigenvalue weighted by molar-refractivity contribution is -0.127. The monoisotopic (exact) mass is 287 g/mol. The van der Waals surface area contributed by atoms with E-state index in [0.717, 1.165) is 5.69 Å². The number of hydrogen-bond donors (Lipinski definition) is 1. The molecule has 110 valence electrons. The highest BCUT2D eigenvalue weighted by molar-refractivity contribution is 6.42. The van der Waals surface area contributed by atoms with Gasteiger partial charge in [-0.3, -0.25) is 9.59 Å². The molecule has 0 aliphatic rings. The summed E-state index contributed by atoms with van der Waals surface area (Å²) in [6, 6.07) is 8.89. The van der Waals surface area contributed by atoms with Crippen LogP contribution in [0.3, 0.4) is 0 Å². The highest BCUT2D eigenvalue weighted by atomic mass is 16.3. The number of rotatable bonds is 5. The van der Waals surface area contributed by atoms with Crippen molar-refractivity contribution in [2.75, 3.05) is 13.7 Å². The Hall–Kier alpha value is -2.47. The van der Waals surface area contributed by atoms with Gasteiger partial charge in [0.15, 0.2) is 0 Å². The van der Waals surface area contributed by atoms with Crippen LogP contribution in [0.2, 0.25) is 0 Å². The van der Waals surface area contributed by atoms with Crippen LogP contribution in [0, 0.1) is 0 Å². The van der Waals surface area contributed by atoms with E-state index in [-0.39, 0.29) is 12.2 Å². The van der Waals surface area contributed by atoms with E-state index in [2.05, 4.69) is 5.10 Å². The lowest BCUT2D eigenvalue weighted by atomic mass is 10.2. The van der Waals surface area contributed by atoms with E-state index in [4.69, 9.17) is 5.11 Å². The summed E-state index contributed by atoms with van der Waals surface area (Å²) in [5.41, 5.74) is 1.03. The number of likely N-dealkylation sites (N-methyl/N-ethyl adjacent to an activating group) is 1. The van der Waals surface area contributed by atoms with Crippen LogP contribution in [0.25, 0.3) is 5.69 Å². The summed E-state index contributed by atoms with van der Waals surface area (Å²) in [5, 5.41) is 13.1. The summed E-state index contributed by atoms with van der Waals surface area (Å²) >= 11 is 0. The first-order valence-corrected chi connectivity index (χ1v) is 6.57. The Morgan fingerprint density at radius 2 is 2.00 bits per heavy atom. The van der Waals surface area contributed by atoms with Crippen molar-refractivity contribution < 1.29 is 14.7 Å². The molecular formula is C15H17N3O3. The minimum atomic E-state index is -0.663. The van der Waals surface area contributed by atoms with Gasteiger partial charge in [-0.25, -0.2) is 4.68 Å². The second-order valence-corrected chi connectivity index (χ2v) is 4.79. The van der Waals surface area contributed by atoms with E-state index < -0.39 is 17.7 Å². The average Bonchev–Trinajstić information content (AvgIpc) is 3.02. The summed E-state index contributed by atoms with van der Waals surface area (Å²) in [6.07, 6.45) is 2.89. The standard InChI is InChI=1S/C15H17N3O3/c1-11(10-19)17(2)15(21)14(20)12-8-16-18(9-12)13-6-4-3-5-7-13/h3-9,11,19H,10H2,1-2H3. The van der Waals surface area contributed by atoms with E-state index in [1.165, 1.54) is 29.0 Å². The van der Waals surface area contributed by atoms with Gasteiger partial charge in [-0.2, -0.15) is 5.10 Å². The van der Waals surface area contributed by atoms with Crippen molar-refractivity contribution in [1.29, 1.82) is 0 Å². The third kappa shape index (κ3) is 3.17. The van der Waals surface area contributed by atoms with Crippen molar-refractivity contribution in [2.24, 2.45) is 0 Å². The molecule has 2 aromatic rings. The Balaban J connectivity index is 2.18. The average molecular weight is 287 g/mol. The van der Waals surface area contributed by atoms with E-state index >= 15 is 0 Å². The number of nitrogens with zero attached hydrogens (tertiary/aromatic N) is 3. The molecular weight excluding hydrogens is 270 g/mol. The molecule has 0 spiro atoms. The van der Waals surface area contributed by atoms with Gasteiger partial charge in [0.2, 0.25) is 0 Å². The molecule has 1 atom stereocenters. The van der Waals surface area contributed by atoms with Gasteiger partial charge in [-0.05, 0) is 19.1 Å². The number of aliphatic hydroxyl groups excluding tert-OH is 1. The molecule has 0 saturated carbocycles. The highest BCUT2D eigenvalue weighted by Gasteiger charge is 2.24. The molecule has 0 saturated heterocycles. The number of carbonyl (C=O) groups excluding carboxylic acids is 2. The molecule has 0 aliphatic heterocycles. The quantitative estimate of drug-likeness (QED) is 0.654. The zero-order valence-electron chi connectivity index (χ0n) is 11.9. The van der Waals surface area contributed by atoms with Crippen molar-refractivity contribution in [3.05, 3.63) is 48.3 Å². The van der Waals surface area contributed by atoms with Crippen molar-refractivity contribution in [1.82, 2.24) is 14.7 Å². The Morgan fingerprint density at radius 1 is 1.33 bits per heavy atom. The lowest BCUT2D eigenvalue weighted by Gasteiger charge is -2.21. The molecule has 2 rings (SSSR count). The van der Waals surface area contributed by atoms with Gasteiger partial charge in [-0.1, -0.05) is 18.2 Å². The predicted molar refractivity (Wildman–Crippen MR) is 77.2 cm³/mol. The maximum Gasteiger partial charge on any atom is 0.295 e. The number of benzene rings is 1. The molecule has 1 amide bonds. The van der Waals surface area contributed by atoms with Crippen LogP contribution in [0.5, 0.6) is 0 Å². The molecule has 1 unspecified atom stereocenters. The van der Waals surface area contributed by atoms with Gasteiger partial charge in [-0.15, -0.1) is 0 Å². The van der Waals surface area contributed by atoms with Crippen LogP contribution >= 0.6 is 0 Å². The molecule has 1 aromatic heterocycles. The smallest absolute Gasteiger partial charge is 0.295 e. The number of hydrogen-bond acceptors (Lipinski definition) is 4. The Bertz CT molecular complexity index is 637. The highest BCUT2D eigenvalue weighted by Crippen LogP contribution is 2.09. The topological polar surface area (TPSA) is 75.4 Å². The zero-order chi connectivity index (χ0) is 15.4. The Kier molecular flexibility index (Phi) is 4.49. The SMILES string of the molecule is CC(CO)N(C)C(=O)C(=O)c1cnn(-c2ccccc2)c1. The fourth-order valence-corrected chi connectivity index (χ4v) is 1.77. The Morgan fingerprint density at radius 3 is 2.62 bits per heavy atom. The van der Waals surface area contributed by atoms with Gasteiger partial charge < -0.3 is 10.0 Å². The summed E-state index contributed by atoms with van der Waals surface area (Å²) in [5.74, 6) is -1.30. The van der Waals surface area contributed by atoms with Crippen LogP contribution in [0.15, 0.2) is 42.7 Å². The molecule has 1 N–H and O–H groups in total. The van der Waals surface area contributed by atoms with E-state index in [0.29, 0.717) is 0 Å². The Labute approximate surface area is 122 Å². The first-order chi connectivity index (χ1) is 10.0. The van der Waals surface area contributed by atoms with Crippen LogP contribution in [-0.4, -0.2) is 51.2 Å². The van der Waals surface area contributed by atoms with Crippen molar-refractivity contribution in [3.8, 4) is 5.69 Å². The van der Waals surface area contributed by atoms with Crippen LogP contribution in [0.1, 0.15) is 17.3 Å². The summed E-state index contributed by atoms with van der Waals surface area (Å²) in [7, 11) is 1.49. The number of amides is 1. The van der Waals surface area contributed by atoms with E-state index in [1.54, 1.807) is 6.92 Å². The number of aliphatic hydroxyl groups is 1. The minimum absolute atomic E-state index is 0.196. The van der Waals surface area contributed by atoms with Gasteiger partial charge in [0.1, 0.15) is 0 Å². The van der Waals surface area contributed by atoms with E-state index in [9.17, 15) is 9.59 Å². The number of Topliss-reactive ketones (excluding diaryl/α,β-unsaturated/α-hetero) is 1. The van der Waals surface area contributed by atoms with Crippen LogP contribution < -0.4 is 0 Å². The molecule has 6 nitrogen and oxygen atoms in total. The fraction of sp³-hybridized carbons (Fsp3) is 0.267. The molecule has 0 bridgehead atoms.